The van der Waals surface area contributed by atoms with Gasteiger partial charge in [0, 0.05) is 32.4 Å². The molecule has 0 spiro atoms. The van der Waals surface area contributed by atoms with Crippen LogP contribution in [0.4, 0.5) is 0 Å². The van der Waals surface area contributed by atoms with Gasteiger partial charge in [0.05, 0.1) is 5.92 Å². The largest absolute Gasteiger partial charge is 0.480 e. The third-order valence-electron chi connectivity index (χ3n) is 8.04. The highest BCUT2D eigenvalue weighted by Gasteiger charge is 2.49. The number of pyridine rings is 1. The predicted octanol–water partition coefficient (Wildman–Crippen LogP) is 3.05. The first-order chi connectivity index (χ1) is 18.3. The number of hydrogen-bond donors (Lipinski definition) is 2. The van der Waals surface area contributed by atoms with Crippen molar-refractivity contribution in [3.63, 3.8) is 0 Å². The molecular formula is C30H31N3O5. The second-order valence-electron chi connectivity index (χ2n) is 10.2. The van der Waals surface area contributed by atoms with Crippen LogP contribution in [-0.2, 0) is 22.1 Å². The molecule has 196 valence electrons. The zero-order valence-electron chi connectivity index (χ0n) is 21.3. The van der Waals surface area contributed by atoms with Crippen LogP contribution in [0, 0.1) is 0 Å². The van der Waals surface area contributed by atoms with Crippen LogP contribution >= 0.6 is 0 Å². The van der Waals surface area contributed by atoms with Gasteiger partial charge in [-0.1, -0.05) is 54.6 Å². The Kier molecular flexibility index (Phi) is 6.89. The summed E-state index contributed by atoms with van der Waals surface area (Å²) in [5, 5.41) is 13.4. The predicted molar refractivity (Wildman–Crippen MR) is 142 cm³/mol. The van der Waals surface area contributed by atoms with E-state index in [-0.39, 0.29) is 23.1 Å². The van der Waals surface area contributed by atoms with Crippen LogP contribution in [-0.4, -0.2) is 51.5 Å². The highest BCUT2D eigenvalue weighted by Crippen LogP contribution is 2.47. The first-order valence-electron chi connectivity index (χ1n) is 13.0. The van der Waals surface area contributed by atoms with E-state index in [0.29, 0.717) is 44.3 Å². The molecule has 0 saturated carbocycles. The van der Waals surface area contributed by atoms with Gasteiger partial charge in [-0.05, 0) is 54.5 Å². The maximum absolute atomic E-state index is 13.7. The van der Waals surface area contributed by atoms with E-state index >= 15 is 0 Å². The standard InChI is InChI=1S/C30H31N3O5/c1-32-17-7-11-24(27(32)35)26(34)31-21-14-18-33(19-15-21)28(36)23-13-16-30(29(37)38,20-8-3-2-4-9-20)25-12-6-5-10-22(23)25/h2-12,17,21,23H,13-16,18-19H2,1H3,(H,31,34)(H,37,38)/t23-,30+/m0/s1. The number of nitrogens with zero attached hydrogens (tertiary/aromatic N) is 2. The second kappa shape index (κ2) is 10.3. The third kappa shape index (κ3) is 4.40. The number of carbonyl (C=O) groups is 3. The van der Waals surface area contributed by atoms with E-state index in [4.69, 9.17) is 0 Å². The zero-order chi connectivity index (χ0) is 26.9. The van der Waals surface area contributed by atoms with E-state index in [0.717, 1.165) is 11.1 Å². The van der Waals surface area contributed by atoms with Crippen molar-refractivity contribution in [2.24, 2.45) is 7.05 Å². The fourth-order valence-corrected chi connectivity index (χ4v) is 5.96. The van der Waals surface area contributed by atoms with E-state index in [9.17, 15) is 24.3 Å². The fraction of sp³-hybridized carbons (Fsp3) is 0.333. The van der Waals surface area contributed by atoms with Gasteiger partial charge in [0.1, 0.15) is 11.0 Å². The smallest absolute Gasteiger partial charge is 0.318 e. The number of benzene rings is 2. The third-order valence-corrected chi connectivity index (χ3v) is 8.04. The number of aromatic nitrogens is 1. The van der Waals surface area contributed by atoms with Crippen LogP contribution in [0.1, 0.15) is 58.6 Å². The lowest BCUT2D eigenvalue weighted by atomic mass is 9.63. The van der Waals surface area contributed by atoms with Crippen molar-refractivity contribution in [2.45, 2.75) is 43.1 Å². The Balaban J connectivity index is 1.31. The number of carboxylic acid groups (broad SMARTS) is 1. The molecule has 1 saturated heterocycles. The van der Waals surface area contributed by atoms with Crippen LogP contribution in [0.25, 0.3) is 0 Å². The summed E-state index contributed by atoms with van der Waals surface area (Å²) in [5.41, 5.74) is 0.727. The number of nitrogens with one attached hydrogen (secondary N) is 1. The number of aliphatic carboxylic acids is 1. The van der Waals surface area contributed by atoms with E-state index in [1.54, 1.807) is 19.3 Å². The molecule has 2 aliphatic rings. The van der Waals surface area contributed by atoms with Gasteiger partial charge >= 0.3 is 5.97 Å². The van der Waals surface area contributed by atoms with Crippen LogP contribution < -0.4 is 10.9 Å². The van der Waals surface area contributed by atoms with Crippen molar-refractivity contribution in [1.29, 1.82) is 0 Å². The van der Waals surface area contributed by atoms with Gasteiger partial charge in [0.2, 0.25) is 5.91 Å². The monoisotopic (exact) mass is 513 g/mol. The molecule has 38 heavy (non-hydrogen) atoms. The molecule has 1 aliphatic heterocycles. The Morgan fingerprint density at radius 1 is 0.921 bits per heavy atom. The molecule has 2 N–H and O–H groups in total. The summed E-state index contributed by atoms with van der Waals surface area (Å²) in [6, 6.07) is 19.7. The first-order valence-corrected chi connectivity index (χ1v) is 13.0. The lowest BCUT2D eigenvalue weighted by Gasteiger charge is -2.41. The maximum atomic E-state index is 13.7. The Bertz CT molecular complexity index is 1430. The summed E-state index contributed by atoms with van der Waals surface area (Å²) in [6.45, 7) is 0.968. The van der Waals surface area contributed by atoms with E-state index in [1.165, 1.54) is 10.6 Å². The quantitative estimate of drug-likeness (QED) is 0.545. The lowest BCUT2D eigenvalue weighted by Crippen LogP contribution is -2.49. The number of piperidine rings is 1. The maximum Gasteiger partial charge on any atom is 0.318 e. The molecule has 0 bridgehead atoms. The topological polar surface area (TPSA) is 109 Å². The molecule has 2 amide bonds. The van der Waals surface area contributed by atoms with Crippen molar-refractivity contribution in [3.8, 4) is 0 Å². The molecule has 2 atom stereocenters. The lowest BCUT2D eigenvalue weighted by molar-refractivity contribution is -0.144. The summed E-state index contributed by atoms with van der Waals surface area (Å²) in [6.07, 6.45) is 3.54. The average molecular weight is 514 g/mol. The molecule has 1 aliphatic carbocycles. The van der Waals surface area contributed by atoms with Gasteiger partial charge in [-0.15, -0.1) is 0 Å². The van der Waals surface area contributed by atoms with Crippen molar-refractivity contribution in [2.75, 3.05) is 13.1 Å². The summed E-state index contributed by atoms with van der Waals surface area (Å²) in [7, 11) is 1.60. The van der Waals surface area contributed by atoms with Gasteiger partial charge in [-0.25, -0.2) is 0 Å². The second-order valence-corrected chi connectivity index (χ2v) is 10.2. The Labute approximate surface area is 220 Å². The molecule has 1 fully saturated rings. The number of carboxylic acids is 1. The highest BCUT2D eigenvalue weighted by atomic mass is 16.4. The van der Waals surface area contributed by atoms with E-state index in [2.05, 4.69) is 5.32 Å². The van der Waals surface area contributed by atoms with Crippen LogP contribution in [0.3, 0.4) is 0 Å². The molecule has 1 aromatic heterocycles. The molecule has 8 heteroatoms. The van der Waals surface area contributed by atoms with Crippen molar-refractivity contribution in [1.82, 2.24) is 14.8 Å². The number of rotatable bonds is 5. The molecule has 8 nitrogen and oxygen atoms in total. The van der Waals surface area contributed by atoms with Gasteiger partial charge in [0.25, 0.3) is 11.5 Å². The number of carbonyl (C=O) groups excluding carboxylic acids is 2. The number of likely N-dealkylation sites (tertiary alicyclic amines) is 1. The van der Waals surface area contributed by atoms with Crippen molar-refractivity contribution in [3.05, 3.63) is 106 Å². The highest BCUT2D eigenvalue weighted by molar-refractivity contribution is 5.94. The number of fused-ring (bicyclic) bond motifs is 1. The normalized spacial score (nSPS) is 21.4. The Morgan fingerprint density at radius 2 is 1.61 bits per heavy atom. The van der Waals surface area contributed by atoms with Crippen molar-refractivity contribution >= 4 is 17.8 Å². The van der Waals surface area contributed by atoms with Crippen LogP contribution in [0.5, 0.6) is 0 Å². The number of hydrogen-bond acceptors (Lipinski definition) is 4. The summed E-state index contributed by atoms with van der Waals surface area (Å²) < 4.78 is 1.37. The number of amides is 2. The molecule has 2 aromatic carbocycles. The summed E-state index contributed by atoms with van der Waals surface area (Å²) in [4.78, 5) is 53.2. The Hall–Kier alpha value is -4.20. The van der Waals surface area contributed by atoms with Crippen LogP contribution in [0.15, 0.2) is 77.7 Å². The molecular weight excluding hydrogens is 482 g/mol. The fourth-order valence-electron chi connectivity index (χ4n) is 5.96. The zero-order valence-corrected chi connectivity index (χ0v) is 21.3. The van der Waals surface area contributed by atoms with Gasteiger partial charge in [-0.3, -0.25) is 19.2 Å². The molecule has 5 rings (SSSR count). The SMILES string of the molecule is Cn1cccc(C(=O)NC2CCN(C(=O)[C@H]3CC[C@@](C(=O)O)(c4ccccc4)c4ccccc43)CC2)c1=O. The Morgan fingerprint density at radius 3 is 2.32 bits per heavy atom. The first kappa shape index (κ1) is 25.4. The minimum absolute atomic E-state index is 0.00814. The summed E-state index contributed by atoms with van der Waals surface area (Å²) in [5.74, 6) is -1.73. The van der Waals surface area contributed by atoms with Gasteiger partial charge in [-0.2, -0.15) is 0 Å². The van der Waals surface area contributed by atoms with Crippen molar-refractivity contribution < 1.29 is 19.5 Å². The van der Waals surface area contributed by atoms with E-state index < -0.39 is 23.2 Å². The molecule has 2 heterocycles. The minimum atomic E-state index is -1.19. The van der Waals surface area contributed by atoms with E-state index in [1.807, 2.05) is 59.5 Å². The minimum Gasteiger partial charge on any atom is -0.480 e. The van der Waals surface area contributed by atoms with Gasteiger partial charge < -0.3 is 19.9 Å². The molecule has 3 aromatic rings. The van der Waals surface area contributed by atoms with Crippen LogP contribution in [0.2, 0.25) is 0 Å². The summed E-state index contributed by atoms with van der Waals surface area (Å²) >= 11 is 0. The molecule has 0 unspecified atom stereocenters. The average Bonchev–Trinajstić information content (AvgIpc) is 2.94. The number of aryl methyl sites for hydroxylation is 1. The van der Waals surface area contributed by atoms with Gasteiger partial charge in [0.15, 0.2) is 0 Å². The molecule has 0 radical (unpaired) electrons.